The molecule has 1 N–H and O–H groups in total. The molecule has 2 aromatic carbocycles. The summed E-state index contributed by atoms with van der Waals surface area (Å²) in [7, 11) is 0. The van der Waals surface area contributed by atoms with Gasteiger partial charge in [0.15, 0.2) is 0 Å². The SMILES string of the molecule is CCCCNC(=O)[C@@H](CC)N(Cc1cccc(C)c1)C(=O)CCCN1C(=O)c2ccccc2C1=O. The van der Waals surface area contributed by atoms with Gasteiger partial charge in [-0.05, 0) is 43.9 Å². The van der Waals surface area contributed by atoms with Crippen LogP contribution < -0.4 is 5.32 Å². The molecule has 35 heavy (non-hydrogen) atoms. The van der Waals surface area contributed by atoms with Crippen LogP contribution in [0.15, 0.2) is 48.5 Å². The number of benzene rings is 2. The van der Waals surface area contributed by atoms with Gasteiger partial charge in [-0.3, -0.25) is 24.1 Å². The van der Waals surface area contributed by atoms with Gasteiger partial charge in [-0.2, -0.15) is 0 Å². The van der Waals surface area contributed by atoms with Gasteiger partial charge in [0, 0.05) is 26.1 Å². The molecule has 0 saturated carbocycles. The average molecular weight is 478 g/mol. The number of carbonyl (C=O) groups excluding carboxylic acids is 4. The van der Waals surface area contributed by atoms with Gasteiger partial charge < -0.3 is 10.2 Å². The Morgan fingerprint density at radius 3 is 2.26 bits per heavy atom. The van der Waals surface area contributed by atoms with Crippen LogP contribution in [0.2, 0.25) is 0 Å². The van der Waals surface area contributed by atoms with Crippen LogP contribution in [0.3, 0.4) is 0 Å². The van der Waals surface area contributed by atoms with Crippen molar-refractivity contribution in [2.24, 2.45) is 0 Å². The minimum Gasteiger partial charge on any atom is -0.354 e. The molecule has 0 spiro atoms. The van der Waals surface area contributed by atoms with Crippen molar-refractivity contribution in [3.63, 3.8) is 0 Å². The van der Waals surface area contributed by atoms with E-state index in [1.807, 2.05) is 38.1 Å². The lowest BCUT2D eigenvalue weighted by Gasteiger charge is -2.31. The van der Waals surface area contributed by atoms with Gasteiger partial charge in [0.25, 0.3) is 11.8 Å². The second kappa shape index (κ2) is 12.3. The third-order valence-electron chi connectivity index (χ3n) is 6.30. The second-order valence-corrected chi connectivity index (χ2v) is 8.99. The van der Waals surface area contributed by atoms with Crippen LogP contribution in [-0.4, -0.2) is 52.6 Å². The Balaban J connectivity index is 1.69. The van der Waals surface area contributed by atoms with Gasteiger partial charge in [-0.15, -0.1) is 0 Å². The first-order valence-electron chi connectivity index (χ1n) is 12.4. The summed E-state index contributed by atoms with van der Waals surface area (Å²) < 4.78 is 0. The second-order valence-electron chi connectivity index (χ2n) is 8.99. The van der Waals surface area contributed by atoms with Crippen molar-refractivity contribution in [2.75, 3.05) is 13.1 Å². The van der Waals surface area contributed by atoms with E-state index in [-0.39, 0.29) is 36.6 Å². The monoisotopic (exact) mass is 477 g/mol. The molecule has 2 aromatic rings. The van der Waals surface area contributed by atoms with E-state index in [1.54, 1.807) is 29.2 Å². The zero-order valence-corrected chi connectivity index (χ0v) is 20.9. The minimum atomic E-state index is -0.584. The van der Waals surface area contributed by atoms with E-state index in [1.165, 1.54) is 4.90 Å². The number of nitrogens with zero attached hydrogens (tertiary/aromatic N) is 2. The molecule has 7 nitrogen and oxygen atoms in total. The molecule has 0 aromatic heterocycles. The van der Waals surface area contributed by atoms with Crippen LogP contribution in [0.1, 0.15) is 77.8 Å². The van der Waals surface area contributed by atoms with Crippen molar-refractivity contribution in [1.29, 1.82) is 0 Å². The number of imide groups is 1. The van der Waals surface area contributed by atoms with Crippen LogP contribution in [0.5, 0.6) is 0 Å². The third kappa shape index (κ3) is 6.35. The van der Waals surface area contributed by atoms with E-state index >= 15 is 0 Å². The summed E-state index contributed by atoms with van der Waals surface area (Å²) in [6.07, 6.45) is 2.82. The Labute approximate surface area is 207 Å². The fourth-order valence-electron chi connectivity index (χ4n) is 4.41. The molecule has 0 radical (unpaired) electrons. The number of hydrogen-bond acceptors (Lipinski definition) is 4. The quantitative estimate of drug-likeness (QED) is 0.368. The van der Waals surface area contributed by atoms with Crippen molar-refractivity contribution in [3.8, 4) is 0 Å². The lowest BCUT2D eigenvalue weighted by molar-refractivity contribution is -0.141. The predicted molar refractivity (Wildman–Crippen MR) is 135 cm³/mol. The molecule has 4 amide bonds. The molecule has 0 unspecified atom stereocenters. The fraction of sp³-hybridized carbons (Fsp3) is 0.429. The zero-order chi connectivity index (χ0) is 25.4. The molecular formula is C28H35N3O4. The maximum atomic E-state index is 13.4. The molecule has 1 aliphatic rings. The maximum absolute atomic E-state index is 13.4. The molecule has 0 bridgehead atoms. The Morgan fingerprint density at radius 2 is 1.66 bits per heavy atom. The summed E-state index contributed by atoms with van der Waals surface area (Å²) in [6, 6.07) is 14.1. The fourth-order valence-corrected chi connectivity index (χ4v) is 4.41. The van der Waals surface area contributed by atoms with Gasteiger partial charge in [0.1, 0.15) is 6.04 Å². The van der Waals surface area contributed by atoms with Gasteiger partial charge in [-0.25, -0.2) is 0 Å². The normalized spacial score (nSPS) is 13.5. The predicted octanol–water partition coefficient (Wildman–Crippen LogP) is 4.09. The first kappa shape index (κ1) is 26.1. The zero-order valence-electron chi connectivity index (χ0n) is 20.9. The summed E-state index contributed by atoms with van der Waals surface area (Å²) in [4.78, 5) is 54.4. The first-order valence-corrected chi connectivity index (χ1v) is 12.4. The van der Waals surface area contributed by atoms with E-state index in [2.05, 4.69) is 12.2 Å². The number of unbranched alkanes of at least 4 members (excludes halogenated alkanes) is 1. The molecule has 3 rings (SSSR count). The van der Waals surface area contributed by atoms with Crippen LogP contribution >= 0.6 is 0 Å². The van der Waals surface area contributed by atoms with Crippen LogP contribution in [0.4, 0.5) is 0 Å². The number of carbonyl (C=O) groups is 4. The number of rotatable bonds is 12. The number of aryl methyl sites for hydroxylation is 1. The smallest absolute Gasteiger partial charge is 0.261 e. The molecule has 1 heterocycles. The summed E-state index contributed by atoms with van der Waals surface area (Å²) in [5.74, 6) is -0.962. The molecule has 1 atom stereocenters. The van der Waals surface area contributed by atoms with Crippen molar-refractivity contribution in [2.45, 2.75) is 65.5 Å². The molecule has 0 fully saturated rings. The highest BCUT2D eigenvalue weighted by atomic mass is 16.2. The summed E-state index contributed by atoms with van der Waals surface area (Å²) >= 11 is 0. The minimum absolute atomic E-state index is 0.137. The standard InChI is InChI=1S/C28H35N3O4/c1-4-6-16-29-26(33)24(5-2)31(19-21-12-9-11-20(3)18-21)25(32)15-10-17-30-27(34)22-13-7-8-14-23(22)28(30)35/h7-9,11-14,18,24H,4-6,10,15-17,19H2,1-3H3,(H,29,33)/t24-/m1/s1. The topological polar surface area (TPSA) is 86.8 Å². The molecule has 0 aliphatic carbocycles. The average Bonchev–Trinajstić information content (AvgIpc) is 3.09. The van der Waals surface area contributed by atoms with E-state index in [0.29, 0.717) is 37.1 Å². The highest BCUT2D eigenvalue weighted by Crippen LogP contribution is 2.23. The molecule has 1 aliphatic heterocycles. The molecule has 0 saturated heterocycles. The van der Waals surface area contributed by atoms with E-state index in [4.69, 9.17) is 0 Å². The lowest BCUT2D eigenvalue weighted by Crippen LogP contribution is -2.49. The van der Waals surface area contributed by atoms with Crippen LogP contribution in [0, 0.1) is 6.92 Å². The van der Waals surface area contributed by atoms with E-state index in [9.17, 15) is 19.2 Å². The molecular weight excluding hydrogens is 442 g/mol. The summed E-state index contributed by atoms with van der Waals surface area (Å²) in [6.45, 7) is 7.03. The lowest BCUT2D eigenvalue weighted by atomic mass is 10.1. The van der Waals surface area contributed by atoms with Gasteiger partial charge in [0.05, 0.1) is 11.1 Å². The highest BCUT2D eigenvalue weighted by Gasteiger charge is 2.35. The summed E-state index contributed by atoms with van der Waals surface area (Å²) in [5, 5.41) is 2.96. The highest BCUT2D eigenvalue weighted by molar-refractivity contribution is 6.21. The first-order chi connectivity index (χ1) is 16.9. The Kier molecular flexibility index (Phi) is 9.18. The largest absolute Gasteiger partial charge is 0.354 e. The van der Waals surface area contributed by atoms with Crippen molar-refractivity contribution in [1.82, 2.24) is 15.1 Å². The van der Waals surface area contributed by atoms with Crippen LogP contribution in [-0.2, 0) is 16.1 Å². The number of amides is 4. The van der Waals surface area contributed by atoms with E-state index in [0.717, 1.165) is 24.0 Å². The Bertz CT molecular complexity index is 1050. The van der Waals surface area contributed by atoms with Gasteiger partial charge >= 0.3 is 0 Å². The molecule has 186 valence electrons. The Hall–Kier alpha value is -3.48. The Morgan fingerprint density at radius 1 is 0.971 bits per heavy atom. The van der Waals surface area contributed by atoms with Crippen molar-refractivity contribution in [3.05, 3.63) is 70.8 Å². The number of nitrogens with one attached hydrogen (secondary N) is 1. The number of hydrogen-bond donors (Lipinski definition) is 1. The third-order valence-corrected chi connectivity index (χ3v) is 6.30. The van der Waals surface area contributed by atoms with Gasteiger partial charge in [-0.1, -0.05) is 62.2 Å². The summed E-state index contributed by atoms with van der Waals surface area (Å²) in [5.41, 5.74) is 2.85. The number of fused-ring (bicyclic) bond motifs is 1. The van der Waals surface area contributed by atoms with Gasteiger partial charge in [0.2, 0.25) is 11.8 Å². The molecule has 7 heteroatoms. The maximum Gasteiger partial charge on any atom is 0.261 e. The van der Waals surface area contributed by atoms with Crippen LogP contribution in [0.25, 0.3) is 0 Å². The van der Waals surface area contributed by atoms with E-state index < -0.39 is 6.04 Å². The van der Waals surface area contributed by atoms with Crippen molar-refractivity contribution >= 4 is 23.6 Å². The van der Waals surface area contributed by atoms with Crippen molar-refractivity contribution < 1.29 is 19.2 Å².